The molecule has 0 amide bonds. The highest BCUT2D eigenvalue weighted by Gasteiger charge is 2.15. The molecule has 0 saturated carbocycles. The number of aliphatic carboxylic acids is 1. The molecule has 0 spiro atoms. The van der Waals surface area contributed by atoms with Crippen LogP contribution in [0.3, 0.4) is 0 Å². The number of ether oxygens (including phenoxy) is 1. The third-order valence-electron chi connectivity index (χ3n) is 2.74. The highest BCUT2D eigenvalue weighted by molar-refractivity contribution is 5.79. The Bertz CT molecular complexity index is 453. The molecule has 3 nitrogen and oxygen atoms in total. The lowest BCUT2D eigenvalue weighted by atomic mass is 9.85. The second kappa shape index (κ2) is 5.71. The molecule has 1 rings (SSSR count). The number of methoxy groups -OCH3 is 1. The standard InChI is InChI=1S/C15H20O3/c1-15(2,3)12-8-9-13(18-4)11(10-12)6-5-7-14(16)17/h5,7-10H,6H2,1-4H3,(H,16,17)/b7-5+. The number of carboxylic acid groups (broad SMARTS) is 1. The summed E-state index contributed by atoms with van der Waals surface area (Å²) in [7, 11) is 1.62. The molecular weight excluding hydrogens is 228 g/mol. The maximum Gasteiger partial charge on any atom is 0.327 e. The van der Waals surface area contributed by atoms with Crippen LogP contribution in [0.15, 0.2) is 30.4 Å². The second-order valence-corrected chi connectivity index (χ2v) is 5.22. The summed E-state index contributed by atoms with van der Waals surface area (Å²) < 4.78 is 5.29. The lowest BCUT2D eigenvalue weighted by molar-refractivity contribution is -0.131. The second-order valence-electron chi connectivity index (χ2n) is 5.22. The molecule has 3 heteroatoms. The van der Waals surface area contributed by atoms with E-state index in [0.717, 1.165) is 17.4 Å². The van der Waals surface area contributed by atoms with E-state index in [9.17, 15) is 4.79 Å². The highest BCUT2D eigenvalue weighted by atomic mass is 16.5. The topological polar surface area (TPSA) is 46.5 Å². The van der Waals surface area contributed by atoms with Gasteiger partial charge in [-0.2, -0.15) is 0 Å². The molecular formula is C15H20O3. The van der Waals surface area contributed by atoms with Crippen LogP contribution in [0.4, 0.5) is 0 Å². The highest BCUT2D eigenvalue weighted by Crippen LogP contribution is 2.28. The number of carboxylic acids is 1. The molecule has 0 unspecified atom stereocenters. The minimum Gasteiger partial charge on any atom is -0.496 e. The lowest BCUT2D eigenvalue weighted by Crippen LogP contribution is -2.11. The van der Waals surface area contributed by atoms with Crippen LogP contribution in [0.5, 0.6) is 5.75 Å². The van der Waals surface area contributed by atoms with Gasteiger partial charge in [0.1, 0.15) is 5.75 Å². The monoisotopic (exact) mass is 248 g/mol. The minimum absolute atomic E-state index is 0.0670. The van der Waals surface area contributed by atoms with Gasteiger partial charge < -0.3 is 9.84 Å². The van der Waals surface area contributed by atoms with Crippen molar-refractivity contribution in [3.63, 3.8) is 0 Å². The third-order valence-corrected chi connectivity index (χ3v) is 2.74. The Kier molecular flexibility index (Phi) is 4.54. The SMILES string of the molecule is COc1ccc(C(C)(C)C)cc1C/C=C/C(=O)O. The van der Waals surface area contributed by atoms with Crippen molar-refractivity contribution >= 4 is 5.97 Å². The Morgan fingerprint density at radius 1 is 1.39 bits per heavy atom. The van der Waals surface area contributed by atoms with E-state index in [4.69, 9.17) is 9.84 Å². The molecule has 1 aromatic carbocycles. The molecule has 18 heavy (non-hydrogen) atoms. The van der Waals surface area contributed by atoms with Gasteiger partial charge in [-0.15, -0.1) is 0 Å². The van der Waals surface area contributed by atoms with Crippen molar-refractivity contribution in [1.82, 2.24) is 0 Å². The Hall–Kier alpha value is -1.77. The predicted molar refractivity (Wildman–Crippen MR) is 72.2 cm³/mol. The number of rotatable bonds is 4. The molecule has 98 valence electrons. The Balaban J connectivity index is 3.03. The van der Waals surface area contributed by atoms with Crippen LogP contribution >= 0.6 is 0 Å². The average molecular weight is 248 g/mol. The van der Waals surface area contributed by atoms with Crippen molar-refractivity contribution < 1.29 is 14.6 Å². The molecule has 0 radical (unpaired) electrons. The molecule has 0 aromatic heterocycles. The van der Waals surface area contributed by atoms with Gasteiger partial charge in [-0.05, 0) is 29.0 Å². The van der Waals surface area contributed by atoms with E-state index < -0.39 is 5.97 Å². The fraction of sp³-hybridized carbons (Fsp3) is 0.400. The summed E-state index contributed by atoms with van der Waals surface area (Å²) in [5.41, 5.74) is 2.28. The quantitative estimate of drug-likeness (QED) is 0.832. The van der Waals surface area contributed by atoms with Crippen molar-refractivity contribution in [2.45, 2.75) is 32.6 Å². The summed E-state index contributed by atoms with van der Waals surface area (Å²) in [5, 5.41) is 8.58. The molecule has 1 aromatic rings. The summed E-state index contributed by atoms with van der Waals surface area (Å²) in [5.74, 6) is -0.140. The van der Waals surface area contributed by atoms with E-state index in [1.807, 2.05) is 12.1 Å². The smallest absolute Gasteiger partial charge is 0.327 e. The predicted octanol–water partition coefficient (Wildman–Crippen LogP) is 3.18. The molecule has 0 bridgehead atoms. The maximum absolute atomic E-state index is 10.5. The third kappa shape index (κ3) is 3.91. The van der Waals surface area contributed by atoms with Gasteiger partial charge in [-0.25, -0.2) is 4.79 Å². The summed E-state index contributed by atoms with van der Waals surface area (Å²) in [4.78, 5) is 10.5. The number of hydrogen-bond donors (Lipinski definition) is 1. The molecule has 0 saturated heterocycles. The van der Waals surface area contributed by atoms with Crippen molar-refractivity contribution in [2.24, 2.45) is 0 Å². The van der Waals surface area contributed by atoms with E-state index >= 15 is 0 Å². The minimum atomic E-state index is -0.930. The lowest BCUT2D eigenvalue weighted by Gasteiger charge is -2.20. The van der Waals surface area contributed by atoms with Crippen LogP contribution in [-0.4, -0.2) is 18.2 Å². The fourth-order valence-corrected chi connectivity index (χ4v) is 1.69. The van der Waals surface area contributed by atoms with Crippen molar-refractivity contribution in [1.29, 1.82) is 0 Å². The van der Waals surface area contributed by atoms with Crippen molar-refractivity contribution in [2.75, 3.05) is 7.11 Å². The van der Waals surface area contributed by atoms with Crippen LogP contribution < -0.4 is 4.74 Å². The summed E-state index contributed by atoms with van der Waals surface area (Å²) >= 11 is 0. The molecule has 0 aliphatic rings. The summed E-state index contributed by atoms with van der Waals surface area (Å²) in [6.07, 6.45) is 3.34. The van der Waals surface area contributed by atoms with Gasteiger partial charge >= 0.3 is 5.97 Å². The van der Waals surface area contributed by atoms with Crippen molar-refractivity contribution in [3.05, 3.63) is 41.5 Å². The first-order chi connectivity index (χ1) is 8.34. The largest absolute Gasteiger partial charge is 0.496 e. The molecule has 0 fully saturated rings. The van der Waals surface area contributed by atoms with Gasteiger partial charge in [0.25, 0.3) is 0 Å². The normalized spacial score (nSPS) is 11.8. The van der Waals surface area contributed by atoms with E-state index in [1.165, 1.54) is 5.56 Å². The van der Waals surface area contributed by atoms with Gasteiger partial charge in [-0.3, -0.25) is 0 Å². The average Bonchev–Trinajstić information content (AvgIpc) is 2.27. The number of benzene rings is 1. The van der Waals surface area contributed by atoms with Crippen LogP contribution in [0.2, 0.25) is 0 Å². The number of allylic oxidation sites excluding steroid dienone is 1. The molecule has 0 atom stereocenters. The van der Waals surface area contributed by atoms with Crippen LogP contribution in [-0.2, 0) is 16.6 Å². The van der Waals surface area contributed by atoms with Gasteiger partial charge in [0.05, 0.1) is 7.11 Å². The first kappa shape index (κ1) is 14.3. The van der Waals surface area contributed by atoms with Gasteiger partial charge in [0.15, 0.2) is 0 Å². The maximum atomic E-state index is 10.5. The molecule has 0 heterocycles. The Labute approximate surface area is 108 Å². The number of hydrogen-bond acceptors (Lipinski definition) is 2. The summed E-state index contributed by atoms with van der Waals surface area (Å²) in [6, 6.07) is 6.05. The Morgan fingerprint density at radius 3 is 2.56 bits per heavy atom. The fourth-order valence-electron chi connectivity index (χ4n) is 1.69. The van der Waals surface area contributed by atoms with E-state index in [-0.39, 0.29) is 5.41 Å². The van der Waals surface area contributed by atoms with Gasteiger partial charge in [0.2, 0.25) is 0 Å². The van der Waals surface area contributed by atoms with E-state index in [1.54, 1.807) is 13.2 Å². The summed E-state index contributed by atoms with van der Waals surface area (Å²) in [6.45, 7) is 6.43. The van der Waals surface area contributed by atoms with Crippen LogP contribution in [0, 0.1) is 0 Å². The zero-order chi connectivity index (χ0) is 13.8. The van der Waals surface area contributed by atoms with Crippen molar-refractivity contribution in [3.8, 4) is 5.75 Å². The Morgan fingerprint density at radius 2 is 2.06 bits per heavy atom. The van der Waals surface area contributed by atoms with E-state index in [0.29, 0.717) is 6.42 Å². The van der Waals surface area contributed by atoms with Gasteiger partial charge in [0, 0.05) is 6.08 Å². The van der Waals surface area contributed by atoms with Gasteiger partial charge in [-0.1, -0.05) is 39.0 Å². The number of carbonyl (C=O) groups is 1. The first-order valence-corrected chi connectivity index (χ1v) is 5.91. The first-order valence-electron chi connectivity index (χ1n) is 5.91. The molecule has 0 aliphatic heterocycles. The molecule has 1 N–H and O–H groups in total. The zero-order valence-electron chi connectivity index (χ0n) is 11.4. The molecule has 0 aliphatic carbocycles. The van der Waals surface area contributed by atoms with Crippen LogP contribution in [0.1, 0.15) is 31.9 Å². The van der Waals surface area contributed by atoms with E-state index in [2.05, 4.69) is 26.8 Å². The zero-order valence-corrected chi connectivity index (χ0v) is 11.4. The van der Waals surface area contributed by atoms with Crippen LogP contribution in [0.25, 0.3) is 0 Å².